The third kappa shape index (κ3) is 18.1. The van der Waals surface area contributed by atoms with Gasteiger partial charge in [0, 0.05) is 31.3 Å². The molecule has 4 atom stereocenters. The summed E-state index contributed by atoms with van der Waals surface area (Å²) < 4.78 is 69.8. The number of rotatable bonds is 14. The fraction of sp³-hybridized carbons (Fsp3) is 0.571. The number of thiol groups is 1. The van der Waals surface area contributed by atoms with E-state index in [1.165, 1.54) is 0 Å². The smallest absolute Gasteiger partial charge is 0.489 e. The highest BCUT2D eigenvalue weighted by Gasteiger charge is 2.40. The molecule has 6 N–H and O–H groups in total. The van der Waals surface area contributed by atoms with Crippen LogP contribution in [0.15, 0.2) is 36.4 Å². The van der Waals surface area contributed by atoms with Crippen molar-refractivity contribution in [3.05, 3.63) is 42.0 Å². The number of halogens is 6. The minimum absolute atomic E-state index is 0.154. The standard InChI is InChI=1S/C24H37N3O4S2.2C2HF3O2/c1-3-7-17-8-4-5-10-22(17)31-19-14-21(27(15-19)12-6-9-18(25)16-32)23(28)26-20(24(29)30)11-13-33-2;2*3-2(4,5)1(6)7/h4-6,8-10,18-21,32H,3,7,11-16,25H2,1-2H3,(H,26,28)(H,29,30);2*(H,6,7)/b9-6+;;/t18-,19+,20+,21+;;/m1../s1. The van der Waals surface area contributed by atoms with E-state index in [2.05, 4.69) is 30.9 Å². The number of hydrogen-bond donors (Lipinski definition) is 6. The number of carboxylic acids is 3. The van der Waals surface area contributed by atoms with Crippen LogP contribution in [0.25, 0.3) is 0 Å². The number of carbonyl (C=O) groups is 4. The van der Waals surface area contributed by atoms with Gasteiger partial charge in [0.15, 0.2) is 0 Å². The van der Waals surface area contributed by atoms with Gasteiger partial charge in [0.2, 0.25) is 5.91 Å². The lowest BCUT2D eigenvalue weighted by atomic mass is 10.1. The molecule has 1 saturated heterocycles. The Labute approximate surface area is 277 Å². The molecule has 19 heteroatoms. The van der Waals surface area contributed by atoms with Gasteiger partial charge >= 0.3 is 30.3 Å². The van der Waals surface area contributed by atoms with Gasteiger partial charge in [-0.25, -0.2) is 14.4 Å². The monoisotopic (exact) mass is 723 g/mol. The number of ether oxygens (including phenoxy) is 1. The van der Waals surface area contributed by atoms with Crippen molar-refractivity contribution in [1.29, 1.82) is 0 Å². The van der Waals surface area contributed by atoms with Crippen LogP contribution in [0.4, 0.5) is 26.3 Å². The van der Waals surface area contributed by atoms with Gasteiger partial charge in [-0.15, -0.1) is 0 Å². The minimum Gasteiger partial charge on any atom is -0.489 e. The second-order valence-electron chi connectivity index (χ2n) is 9.86. The molecule has 268 valence electrons. The molecule has 47 heavy (non-hydrogen) atoms. The molecule has 0 aliphatic carbocycles. The highest BCUT2D eigenvalue weighted by atomic mass is 32.2. The topological polar surface area (TPSA) is 179 Å². The van der Waals surface area contributed by atoms with Crippen molar-refractivity contribution < 1.29 is 65.6 Å². The van der Waals surface area contributed by atoms with E-state index in [-0.39, 0.29) is 18.1 Å². The number of benzene rings is 1. The maximum Gasteiger partial charge on any atom is 0.490 e. The van der Waals surface area contributed by atoms with Crippen molar-refractivity contribution in [2.24, 2.45) is 5.73 Å². The zero-order chi connectivity index (χ0) is 36.4. The Hall–Kier alpha value is -3.16. The lowest BCUT2D eigenvalue weighted by molar-refractivity contribution is -0.193. The first-order chi connectivity index (χ1) is 21.8. The number of nitrogens with one attached hydrogen (secondary N) is 1. The predicted molar refractivity (Wildman–Crippen MR) is 166 cm³/mol. The van der Waals surface area contributed by atoms with Gasteiger partial charge < -0.3 is 31.1 Å². The number of carboxylic acid groups (broad SMARTS) is 3. The number of thioether (sulfide) groups is 1. The molecular formula is C28H39F6N3O8S2. The Bertz CT molecular complexity index is 1150. The second-order valence-corrected chi connectivity index (χ2v) is 11.2. The average Bonchev–Trinajstić information content (AvgIpc) is 3.38. The normalized spacial score (nSPS) is 17.8. The van der Waals surface area contributed by atoms with Crippen LogP contribution in [0, 0.1) is 0 Å². The summed E-state index contributed by atoms with van der Waals surface area (Å²) >= 11 is 5.76. The van der Waals surface area contributed by atoms with Crippen LogP contribution >= 0.6 is 24.4 Å². The van der Waals surface area contributed by atoms with Gasteiger partial charge in [-0.1, -0.05) is 43.7 Å². The van der Waals surface area contributed by atoms with E-state index in [4.69, 9.17) is 30.3 Å². The van der Waals surface area contributed by atoms with Crippen LogP contribution in [-0.4, -0.2) is 111 Å². The third-order valence-corrected chi connectivity index (χ3v) is 7.16. The van der Waals surface area contributed by atoms with Crippen LogP contribution in [-0.2, 0) is 25.6 Å². The fourth-order valence-electron chi connectivity index (χ4n) is 3.89. The van der Waals surface area contributed by atoms with E-state index >= 15 is 0 Å². The van der Waals surface area contributed by atoms with Crippen LogP contribution < -0.4 is 15.8 Å². The first kappa shape index (κ1) is 43.8. The van der Waals surface area contributed by atoms with E-state index in [1.807, 2.05) is 41.5 Å². The fourth-order valence-corrected chi connectivity index (χ4v) is 4.48. The number of alkyl halides is 6. The van der Waals surface area contributed by atoms with Crippen LogP contribution in [0.2, 0.25) is 0 Å². The molecule has 0 bridgehead atoms. The summed E-state index contributed by atoms with van der Waals surface area (Å²) in [7, 11) is 0. The van der Waals surface area contributed by atoms with Gasteiger partial charge in [-0.05, 0) is 36.5 Å². The largest absolute Gasteiger partial charge is 0.490 e. The molecule has 0 saturated carbocycles. The van der Waals surface area contributed by atoms with Gasteiger partial charge in [-0.2, -0.15) is 50.7 Å². The van der Waals surface area contributed by atoms with Crippen molar-refractivity contribution in [3.63, 3.8) is 0 Å². The number of nitrogens with zero attached hydrogens (tertiary/aromatic N) is 1. The number of para-hydroxylation sites is 1. The first-order valence-electron chi connectivity index (χ1n) is 13.9. The van der Waals surface area contributed by atoms with Crippen molar-refractivity contribution in [1.82, 2.24) is 10.2 Å². The van der Waals surface area contributed by atoms with E-state index < -0.39 is 42.3 Å². The maximum atomic E-state index is 13.1. The molecule has 1 aliphatic rings. The Morgan fingerprint density at radius 1 is 1.11 bits per heavy atom. The summed E-state index contributed by atoms with van der Waals surface area (Å²) in [6, 6.07) is 6.48. The minimum atomic E-state index is -5.08. The number of aliphatic carboxylic acids is 3. The molecule has 1 aliphatic heterocycles. The summed E-state index contributed by atoms with van der Waals surface area (Å²) in [4.78, 5) is 44.6. The summed E-state index contributed by atoms with van der Waals surface area (Å²) in [5.74, 6) is -4.75. The molecule has 0 radical (unpaired) electrons. The van der Waals surface area contributed by atoms with E-state index in [0.717, 1.165) is 24.2 Å². The second kappa shape index (κ2) is 21.7. The first-order valence-corrected chi connectivity index (χ1v) is 15.9. The summed E-state index contributed by atoms with van der Waals surface area (Å²) in [6.45, 7) is 3.23. The zero-order valence-corrected chi connectivity index (χ0v) is 27.2. The van der Waals surface area contributed by atoms with Gasteiger partial charge in [0.05, 0.1) is 6.04 Å². The van der Waals surface area contributed by atoms with Crippen molar-refractivity contribution >= 4 is 48.2 Å². The van der Waals surface area contributed by atoms with E-state index in [1.54, 1.807) is 11.8 Å². The quantitative estimate of drug-likeness (QED) is 0.0933. The Balaban J connectivity index is 0.00000126. The number of likely N-dealkylation sites (tertiary alicyclic amines) is 1. The molecule has 1 aromatic carbocycles. The average molecular weight is 724 g/mol. The molecule has 1 fully saturated rings. The lowest BCUT2D eigenvalue weighted by Gasteiger charge is -2.24. The highest BCUT2D eigenvalue weighted by molar-refractivity contribution is 7.98. The number of aryl methyl sites for hydroxylation is 1. The van der Waals surface area contributed by atoms with Gasteiger partial charge in [0.1, 0.15) is 17.9 Å². The number of amides is 1. The van der Waals surface area contributed by atoms with Crippen molar-refractivity contribution in [3.8, 4) is 5.75 Å². The molecule has 1 heterocycles. The molecular weight excluding hydrogens is 684 g/mol. The lowest BCUT2D eigenvalue weighted by Crippen LogP contribution is -2.49. The molecule has 0 unspecified atom stereocenters. The summed E-state index contributed by atoms with van der Waals surface area (Å²) in [6.07, 6.45) is -1.77. The highest BCUT2D eigenvalue weighted by Crippen LogP contribution is 2.27. The molecule has 2 rings (SSSR count). The SMILES string of the molecule is CCCc1ccccc1O[C@H]1C[C@@H](C(=O)N[C@@H](CCSC)C(=O)O)N(C/C=C/[C@@H](N)CS)C1.O=C(O)C(F)(F)F.O=C(O)C(F)(F)F. The molecule has 1 aromatic rings. The number of carbonyl (C=O) groups excluding carboxylic acids is 1. The number of nitrogens with two attached hydrogens (primary N) is 1. The van der Waals surface area contributed by atoms with E-state index in [0.29, 0.717) is 37.4 Å². The summed E-state index contributed by atoms with van der Waals surface area (Å²) in [5, 5.41) is 26.5. The number of hydrogen-bond acceptors (Lipinski definition) is 9. The third-order valence-electron chi connectivity index (χ3n) is 6.10. The molecule has 1 amide bonds. The molecule has 11 nitrogen and oxygen atoms in total. The van der Waals surface area contributed by atoms with Gasteiger partial charge in [-0.3, -0.25) is 9.69 Å². The molecule has 0 spiro atoms. The van der Waals surface area contributed by atoms with Crippen molar-refractivity contribution in [2.75, 3.05) is 30.9 Å². The maximum absolute atomic E-state index is 13.1. The Morgan fingerprint density at radius 3 is 2.13 bits per heavy atom. The summed E-state index contributed by atoms with van der Waals surface area (Å²) in [5.41, 5.74) is 7.07. The zero-order valence-electron chi connectivity index (χ0n) is 25.5. The van der Waals surface area contributed by atoms with Crippen LogP contribution in [0.5, 0.6) is 5.75 Å². The van der Waals surface area contributed by atoms with Crippen molar-refractivity contribution in [2.45, 2.75) is 69.2 Å². The Morgan fingerprint density at radius 2 is 1.66 bits per heavy atom. The van der Waals surface area contributed by atoms with Gasteiger partial charge in [0.25, 0.3) is 0 Å². The molecule has 0 aromatic heterocycles. The van der Waals surface area contributed by atoms with Crippen LogP contribution in [0.1, 0.15) is 31.7 Å². The predicted octanol–water partition coefficient (Wildman–Crippen LogP) is 3.86. The van der Waals surface area contributed by atoms with E-state index in [9.17, 15) is 41.0 Å². The van der Waals surface area contributed by atoms with Crippen LogP contribution in [0.3, 0.4) is 0 Å². The Kier molecular flexibility index (Phi) is 20.2.